The zero-order valence-corrected chi connectivity index (χ0v) is 15.5. The SMILES string of the molecule is O.O=C1Nc2cc(Br)ccc2C1=O.O=C1Nc2cc(Br)ccc2C1=O. The van der Waals surface area contributed by atoms with E-state index in [9.17, 15) is 19.2 Å². The second-order valence-corrected chi connectivity index (χ2v) is 6.78. The smallest absolute Gasteiger partial charge is 0.296 e. The number of carbonyl (C=O) groups is 4. The topological polar surface area (TPSA) is 124 Å². The van der Waals surface area contributed by atoms with Crippen LogP contribution in [0.25, 0.3) is 0 Å². The highest BCUT2D eigenvalue weighted by molar-refractivity contribution is 9.10. The summed E-state index contributed by atoms with van der Waals surface area (Å²) in [5, 5.41) is 4.94. The molecule has 0 atom stereocenters. The van der Waals surface area contributed by atoms with Gasteiger partial charge in [-0.05, 0) is 36.4 Å². The number of halogens is 2. The molecule has 2 heterocycles. The summed E-state index contributed by atoms with van der Waals surface area (Å²) in [5.41, 5.74) is 2.06. The normalized spacial score (nSPS) is 13.8. The first-order valence-electron chi connectivity index (χ1n) is 6.67. The van der Waals surface area contributed by atoms with Gasteiger partial charge >= 0.3 is 0 Å². The lowest BCUT2D eigenvalue weighted by molar-refractivity contribution is -0.112. The van der Waals surface area contributed by atoms with E-state index in [1.165, 1.54) is 0 Å². The van der Waals surface area contributed by atoms with Crippen molar-refractivity contribution < 1.29 is 24.7 Å². The predicted octanol–water partition coefficient (Wildman–Crippen LogP) is 2.34. The minimum Gasteiger partial charge on any atom is -0.412 e. The Morgan fingerprint density at radius 2 is 1.00 bits per heavy atom. The maximum absolute atomic E-state index is 11.1. The number of hydrogen-bond donors (Lipinski definition) is 2. The lowest BCUT2D eigenvalue weighted by Gasteiger charge is -1.95. The average Bonchev–Trinajstić information content (AvgIpc) is 2.96. The number of anilines is 2. The van der Waals surface area contributed by atoms with Crippen LogP contribution in [0.5, 0.6) is 0 Å². The summed E-state index contributed by atoms with van der Waals surface area (Å²) < 4.78 is 1.69. The zero-order valence-electron chi connectivity index (χ0n) is 12.4. The third-order valence-electron chi connectivity index (χ3n) is 3.36. The number of ketones is 2. The summed E-state index contributed by atoms with van der Waals surface area (Å²) in [7, 11) is 0. The number of hydrogen-bond acceptors (Lipinski definition) is 4. The van der Waals surface area contributed by atoms with Crippen LogP contribution in [0.1, 0.15) is 20.7 Å². The molecule has 25 heavy (non-hydrogen) atoms. The third-order valence-corrected chi connectivity index (χ3v) is 4.35. The number of fused-ring (bicyclic) bond motifs is 2. The highest BCUT2D eigenvalue weighted by atomic mass is 79.9. The van der Waals surface area contributed by atoms with Crippen LogP contribution in [-0.4, -0.2) is 28.9 Å². The van der Waals surface area contributed by atoms with Crippen LogP contribution in [0, 0.1) is 0 Å². The van der Waals surface area contributed by atoms with Gasteiger partial charge in [0.2, 0.25) is 0 Å². The van der Waals surface area contributed by atoms with Crippen LogP contribution in [0.2, 0.25) is 0 Å². The summed E-state index contributed by atoms with van der Waals surface area (Å²) in [6.07, 6.45) is 0. The van der Waals surface area contributed by atoms with E-state index in [0.29, 0.717) is 22.5 Å². The van der Waals surface area contributed by atoms with E-state index in [-0.39, 0.29) is 5.48 Å². The first-order chi connectivity index (χ1) is 11.4. The summed E-state index contributed by atoms with van der Waals surface area (Å²) in [4.78, 5) is 43.9. The molecule has 2 amide bonds. The van der Waals surface area contributed by atoms with Gasteiger partial charge in [-0.15, -0.1) is 0 Å². The van der Waals surface area contributed by atoms with Crippen molar-refractivity contribution in [1.82, 2.24) is 0 Å². The van der Waals surface area contributed by atoms with Crippen LogP contribution < -0.4 is 10.6 Å². The molecule has 2 aromatic rings. The number of carbonyl (C=O) groups excluding carboxylic acids is 4. The van der Waals surface area contributed by atoms with Gasteiger partial charge in [0.15, 0.2) is 0 Å². The maximum Gasteiger partial charge on any atom is 0.296 e. The summed E-state index contributed by atoms with van der Waals surface area (Å²) >= 11 is 6.48. The second-order valence-electron chi connectivity index (χ2n) is 4.95. The molecule has 0 saturated heterocycles. The molecule has 9 heteroatoms. The zero-order chi connectivity index (χ0) is 17.4. The van der Waals surface area contributed by atoms with E-state index in [1.54, 1.807) is 36.4 Å². The highest BCUT2D eigenvalue weighted by Crippen LogP contribution is 2.27. The molecule has 7 nitrogen and oxygen atoms in total. The van der Waals surface area contributed by atoms with E-state index in [1.807, 2.05) is 0 Å². The third kappa shape index (κ3) is 3.68. The fraction of sp³-hybridized carbons (Fsp3) is 0. The van der Waals surface area contributed by atoms with Crippen LogP contribution >= 0.6 is 31.9 Å². The van der Waals surface area contributed by atoms with Crippen molar-refractivity contribution >= 4 is 66.6 Å². The molecule has 0 unspecified atom stereocenters. The molecule has 0 fully saturated rings. The standard InChI is InChI=1S/2C8H4BrNO2.H2O/c2*9-4-1-2-5-6(3-4)10-8(12)7(5)11;/h2*1-3H,(H,10,11,12);1H2. The Balaban J connectivity index is 0.000000173. The molecule has 4 rings (SSSR count). The predicted molar refractivity (Wildman–Crippen MR) is 97.8 cm³/mol. The summed E-state index contributed by atoms with van der Waals surface area (Å²) in [6, 6.07) is 10.1. The minimum absolute atomic E-state index is 0. The number of nitrogens with one attached hydrogen (secondary N) is 2. The number of rotatable bonds is 0. The second kappa shape index (κ2) is 7.26. The fourth-order valence-electron chi connectivity index (χ4n) is 2.24. The van der Waals surface area contributed by atoms with Gasteiger partial charge in [-0.2, -0.15) is 0 Å². The molecule has 2 aliphatic rings. The van der Waals surface area contributed by atoms with E-state index >= 15 is 0 Å². The molecular weight excluding hydrogens is 460 g/mol. The van der Waals surface area contributed by atoms with E-state index in [2.05, 4.69) is 42.5 Å². The van der Waals surface area contributed by atoms with Crippen molar-refractivity contribution in [2.75, 3.05) is 10.6 Å². The number of benzene rings is 2. The van der Waals surface area contributed by atoms with Crippen LogP contribution in [0.3, 0.4) is 0 Å². The summed E-state index contributed by atoms with van der Waals surface area (Å²) in [5.74, 6) is -2.03. The fourth-order valence-corrected chi connectivity index (χ4v) is 2.96. The van der Waals surface area contributed by atoms with Crippen LogP contribution in [-0.2, 0) is 9.59 Å². The van der Waals surface area contributed by atoms with Gasteiger partial charge in [0.1, 0.15) is 0 Å². The first kappa shape index (κ1) is 19.0. The van der Waals surface area contributed by atoms with Gasteiger partial charge in [-0.1, -0.05) is 31.9 Å². The number of Topliss-reactive ketones (excluding diaryl/α,β-unsaturated/α-hetero) is 2. The molecule has 4 N–H and O–H groups in total. The molecule has 0 bridgehead atoms. The number of amides is 2. The van der Waals surface area contributed by atoms with Gasteiger partial charge in [0.05, 0.1) is 22.5 Å². The quantitative estimate of drug-likeness (QED) is 0.574. The lowest BCUT2D eigenvalue weighted by Crippen LogP contribution is -2.12. The van der Waals surface area contributed by atoms with Crippen LogP contribution in [0.15, 0.2) is 45.3 Å². The van der Waals surface area contributed by atoms with Crippen molar-refractivity contribution in [2.45, 2.75) is 0 Å². The molecule has 0 spiro atoms. The Bertz CT molecular complexity index is 851. The van der Waals surface area contributed by atoms with Crippen molar-refractivity contribution in [3.63, 3.8) is 0 Å². The van der Waals surface area contributed by atoms with Gasteiger partial charge in [-0.3, -0.25) is 19.2 Å². The molecule has 0 saturated carbocycles. The Labute approximate surface area is 158 Å². The van der Waals surface area contributed by atoms with Crippen molar-refractivity contribution in [3.05, 3.63) is 56.5 Å². The first-order valence-corrected chi connectivity index (χ1v) is 8.26. The highest BCUT2D eigenvalue weighted by Gasteiger charge is 2.28. The van der Waals surface area contributed by atoms with E-state index in [0.717, 1.165) is 8.95 Å². The van der Waals surface area contributed by atoms with Gasteiger partial charge in [-0.25, -0.2) is 0 Å². The molecule has 0 radical (unpaired) electrons. The molecule has 2 aliphatic heterocycles. The van der Waals surface area contributed by atoms with Crippen molar-refractivity contribution in [3.8, 4) is 0 Å². The van der Waals surface area contributed by atoms with Gasteiger partial charge in [0.25, 0.3) is 23.4 Å². The Hall–Kier alpha value is -2.36. The van der Waals surface area contributed by atoms with Crippen molar-refractivity contribution in [1.29, 1.82) is 0 Å². The van der Waals surface area contributed by atoms with E-state index < -0.39 is 23.4 Å². The Morgan fingerprint density at radius 3 is 1.36 bits per heavy atom. The Morgan fingerprint density at radius 1 is 0.640 bits per heavy atom. The van der Waals surface area contributed by atoms with Gasteiger partial charge < -0.3 is 16.1 Å². The molecule has 128 valence electrons. The van der Waals surface area contributed by atoms with Crippen LogP contribution in [0.4, 0.5) is 11.4 Å². The Kier molecular flexibility index (Phi) is 5.51. The average molecular weight is 470 g/mol. The monoisotopic (exact) mass is 468 g/mol. The summed E-state index contributed by atoms with van der Waals surface area (Å²) in [6.45, 7) is 0. The largest absolute Gasteiger partial charge is 0.412 e. The van der Waals surface area contributed by atoms with Crippen molar-refractivity contribution in [2.24, 2.45) is 0 Å². The molecule has 0 aliphatic carbocycles. The molecular formula is C16H10Br2N2O5. The minimum atomic E-state index is -0.553. The lowest BCUT2D eigenvalue weighted by atomic mass is 10.1. The van der Waals surface area contributed by atoms with Gasteiger partial charge in [0, 0.05) is 8.95 Å². The molecule has 0 aromatic heterocycles. The maximum atomic E-state index is 11.1. The van der Waals surface area contributed by atoms with E-state index in [4.69, 9.17) is 0 Å². The molecule has 2 aromatic carbocycles.